The van der Waals surface area contributed by atoms with Crippen molar-refractivity contribution in [3.05, 3.63) is 0 Å². The summed E-state index contributed by atoms with van der Waals surface area (Å²) in [5.41, 5.74) is -0.112. The molecule has 16 heavy (non-hydrogen) atoms. The lowest BCUT2D eigenvalue weighted by atomic mass is 9.80. The Balaban J connectivity index is 1.88. The van der Waals surface area contributed by atoms with Crippen molar-refractivity contribution >= 4 is 6.29 Å². The van der Waals surface area contributed by atoms with Crippen LogP contribution in [-0.4, -0.2) is 44.0 Å². The van der Waals surface area contributed by atoms with Crippen LogP contribution in [0.5, 0.6) is 0 Å². The van der Waals surface area contributed by atoms with Gasteiger partial charge in [0.2, 0.25) is 0 Å². The number of aldehydes is 1. The minimum Gasteiger partial charge on any atom is -0.381 e. The highest BCUT2D eigenvalue weighted by Crippen LogP contribution is 2.30. The van der Waals surface area contributed by atoms with Gasteiger partial charge in [0.15, 0.2) is 0 Å². The van der Waals surface area contributed by atoms with Gasteiger partial charge in [0.25, 0.3) is 0 Å². The first-order chi connectivity index (χ1) is 7.74. The van der Waals surface area contributed by atoms with Gasteiger partial charge in [-0.05, 0) is 44.7 Å². The van der Waals surface area contributed by atoms with Crippen LogP contribution in [0.15, 0.2) is 0 Å². The number of hydrogen-bond donors (Lipinski definition) is 0. The molecule has 0 aromatic carbocycles. The van der Waals surface area contributed by atoms with Crippen molar-refractivity contribution in [1.82, 2.24) is 4.90 Å². The number of hydrogen-bond acceptors (Lipinski definition) is 3. The molecule has 3 nitrogen and oxygen atoms in total. The van der Waals surface area contributed by atoms with Crippen LogP contribution in [-0.2, 0) is 9.53 Å². The van der Waals surface area contributed by atoms with Crippen molar-refractivity contribution in [1.29, 1.82) is 0 Å². The first-order valence-electron chi connectivity index (χ1n) is 6.50. The van der Waals surface area contributed by atoms with Crippen LogP contribution in [0.25, 0.3) is 0 Å². The molecule has 2 heterocycles. The third-order valence-electron chi connectivity index (χ3n) is 4.15. The van der Waals surface area contributed by atoms with E-state index in [4.69, 9.17) is 4.74 Å². The van der Waals surface area contributed by atoms with Gasteiger partial charge in [0.05, 0.1) is 0 Å². The van der Waals surface area contributed by atoms with Crippen molar-refractivity contribution in [3.8, 4) is 0 Å². The molecular formula is C13H23NO2. The van der Waals surface area contributed by atoms with Gasteiger partial charge in [-0.2, -0.15) is 0 Å². The van der Waals surface area contributed by atoms with E-state index in [1.165, 1.54) is 19.1 Å². The summed E-state index contributed by atoms with van der Waals surface area (Å²) in [5, 5.41) is 0. The van der Waals surface area contributed by atoms with Gasteiger partial charge in [-0.15, -0.1) is 0 Å². The quantitative estimate of drug-likeness (QED) is 0.685. The second-order valence-corrected chi connectivity index (χ2v) is 5.55. The summed E-state index contributed by atoms with van der Waals surface area (Å²) in [5.74, 6) is 0.859. The van der Waals surface area contributed by atoms with Gasteiger partial charge >= 0.3 is 0 Å². The minimum atomic E-state index is -0.112. The molecule has 2 aliphatic heterocycles. The van der Waals surface area contributed by atoms with E-state index in [-0.39, 0.29) is 5.41 Å². The summed E-state index contributed by atoms with van der Waals surface area (Å²) in [6.07, 6.45) is 5.57. The fourth-order valence-corrected chi connectivity index (χ4v) is 2.76. The van der Waals surface area contributed by atoms with E-state index in [1.807, 2.05) is 0 Å². The molecule has 0 aromatic heterocycles. The Morgan fingerprint density at radius 1 is 1.31 bits per heavy atom. The lowest BCUT2D eigenvalue weighted by Crippen LogP contribution is -2.45. The Morgan fingerprint density at radius 3 is 2.50 bits per heavy atom. The summed E-state index contributed by atoms with van der Waals surface area (Å²) < 4.78 is 5.36. The predicted molar refractivity (Wildman–Crippen MR) is 63.4 cm³/mol. The van der Waals surface area contributed by atoms with Crippen LogP contribution in [0, 0.1) is 11.3 Å². The summed E-state index contributed by atoms with van der Waals surface area (Å²) in [6, 6.07) is 0. The molecule has 0 amide bonds. The molecule has 3 heteroatoms. The summed E-state index contributed by atoms with van der Waals surface area (Å²) in [4.78, 5) is 13.8. The smallest absolute Gasteiger partial charge is 0.127 e. The largest absolute Gasteiger partial charge is 0.381 e. The van der Waals surface area contributed by atoms with Crippen molar-refractivity contribution < 1.29 is 9.53 Å². The zero-order chi connectivity index (χ0) is 11.4. The van der Waals surface area contributed by atoms with Crippen molar-refractivity contribution in [2.75, 3.05) is 32.8 Å². The molecule has 0 spiro atoms. The fourth-order valence-electron chi connectivity index (χ4n) is 2.76. The second kappa shape index (κ2) is 5.28. The molecule has 2 saturated heterocycles. The predicted octanol–water partition coefficient (Wildman–Crippen LogP) is 1.71. The molecule has 0 radical (unpaired) electrons. The molecule has 0 unspecified atom stereocenters. The topological polar surface area (TPSA) is 29.5 Å². The number of piperidine rings is 1. The first kappa shape index (κ1) is 12.1. The Hall–Kier alpha value is -0.410. The highest BCUT2D eigenvalue weighted by molar-refractivity contribution is 5.60. The highest BCUT2D eigenvalue weighted by Gasteiger charge is 2.34. The summed E-state index contributed by atoms with van der Waals surface area (Å²) in [6.45, 7) is 7.11. The number of rotatable bonds is 3. The standard InChI is InChI=1S/C13H23NO2/c1-12-2-6-14(7-3-12)10-13(11-15)4-8-16-9-5-13/h11-12H,2-10H2,1H3. The maximum Gasteiger partial charge on any atom is 0.127 e. The van der Waals surface area contributed by atoms with E-state index in [1.54, 1.807) is 0 Å². The van der Waals surface area contributed by atoms with E-state index in [0.717, 1.165) is 51.6 Å². The van der Waals surface area contributed by atoms with Gasteiger partial charge in [-0.3, -0.25) is 0 Å². The number of carbonyl (C=O) groups is 1. The molecule has 0 aromatic rings. The number of carbonyl (C=O) groups excluding carboxylic acids is 1. The molecule has 92 valence electrons. The van der Waals surface area contributed by atoms with Gasteiger partial charge in [0, 0.05) is 25.2 Å². The Morgan fingerprint density at radius 2 is 1.94 bits per heavy atom. The van der Waals surface area contributed by atoms with E-state index < -0.39 is 0 Å². The van der Waals surface area contributed by atoms with Gasteiger partial charge < -0.3 is 14.4 Å². The molecule has 2 rings (SSSR count). The summed E-state index contributed by atoms with van der Waals surface area (Å²) >= 11 is 0. The van der Waals surface area contributed by atoms with Crippen LogP contribution in [0.2, 0.25) is 0 Å². The molecule has 0 saturated carbocycles. The van der Waals surface area contributed by atoms with Crippen molar-refractivity contribution in [3.63, 3.8) is 0 Å². The molecular weight excluding hydrogens is 202 g/mol. The number of ether oxygens (including phenoxy) is 1. The van der Waals surface area contributed by atoms with Crippen LogP contribution < -0.4 is 0 Å². The van der Waals surface area contributed by atoms with Crippen LogP contribution in [0.3, 0.4) is 0 Å². The average Bonchev–Trinajstić information content (AvgIpc) is 2.33. The van der Waals surface area contributed by atoms with Crippen LogP contribution in [0.1, 0.15) is 32.6 Å². The van der Waals surface area contributed by atoms with Gasteiger partial charge in [0.1, 0.15) is 6.29 Å². The molecule has 0 aliphatic carbocycles. The Bertz CT molecular complexity index is 228. The fraction of sp³-hybridized carbons (Fsp3) is 0.923. The summed E-state index contributed by atoms with van der Waals surface area (Å²) in [7, 11) is 0. The van der Waals surface area contributed by atoms with E-state index in [2.05, 4.69) is 11.8 Å². The van der Waals surface area contributed by atoms with Crippen LogP contribution in [0.4, 0.5) is 0 Å². The first-order valence-corrected chi connectivity index (χ1v) is 6.50. The monoisotopic (exact) mass is 225 g/mol. The maximum absolute atomic E-state index is 11.3. The lowest BCUT2D eigenvalue weighted by molar-refractivity contribution is -0.123. The molecule has 0 N–H and O–H groups in total. The van der Waals surface area contributed by atoms with Crippen molar-refractivity contribution in [2.24, 2.45) is 11.3 Å². The third-order valence-corrected chi connectivity index (χ3v) is 4.15. The normalized spacial score (nSPS) is 27.8. The third kappa shape index (κ3) is 2.83. The average molecular weight is 225 g/mol. The Labute approximate surface area is 98.1 Å². The van der Waals surface area contributed by atoms with Gasteiger partial charge in [-0.25, -0.2) is 0 Å². The molecule has 2 fully saturated rings. The van der Waals surface area contributed by atoms with Gasteiger partial charge in [-0.1, -0.05) is 6.92 Å². The Kier molecular flexibility index (Phi) is 3.98. The molecule has 0 atom stereocenters. The van der Waals surface area contributed by atoms with E-state index >= 15 is 0 Å². The zero-order valence-electron chi connectivity index (χ0n) is 10.3. The van der Waals surface area contributed by atoms with Crippen molar-refractivity contribution in [2.45, 2.75) is 32.6 Å². The van der Waals surface area contributed by atoms with E-state index in [9.17, 15) is 4.79 Å². The minimum absolute atomic E-state index is 0.112. The lowest BCUT2D eigenvalue weighted by Gasteiger charge is -2.39. The SMILES string of the molecule is CC1CCN(CC2(C=O)CCOCC2)CC1. The number of likely N-dealkylation sites (tertiary alicyclic amines) is 1. The van der Waals surface area contributed by atoms with Crippen LogP contribution >= 0.6 is 0 Å². The maximum atomic E-state index is 11.3. The zero-order valence-corrected chi connectivity index (χ0v) is 10.3. The van der Waals surface area contributed by atoms with E-state index in [0.29, 0.717) is 0 Å². The highest BCUT2D eigenvalue weighted by atomic mass is 16.5. The molecule has 0 bridgehead atoms. The molecule has 2 aliphatic rings. The second-order valence-electron chi connectivity index (χ2n) is 5.55. The number of nitrogens with zero attached hydrogens (tertiary/aromatic N) is 1.